The van der Waals surface area contributed by atoms with Crippen LogP contribution in [0.4, 0.5) is 4.79 Å². The van der Waals surface area contributed by atoms with E-state index >= 15 is 0 Å². The largest absolute Gasteiger partial charge is 0.554 e. The van der Waals surface area contributed by atoms with Crippen LogP contribution < -0.4 is 0 Å². The highest BCUT2D eigenvalue weighted by molar-refractivity contribution is 7.48. The van der Waals surface area contributed by atoms with E-state index in [-0.39, 0.29) is 10.9 Å². The van der Waals surface area contributed by atoms with Gasteiger partial charge in [0.2, 0.25) is 0 Å². The van der Waals surface area contributed by atoms with Crippen molar-refractivity contribution in [1.29, 1.82) is 0 Å². The van der Waals surface area contributed by atoms with Gasteiger partial charge < -0.3 is 9.84 Å². The van der Waals surface area contributed by atoms with Gasteiger partial charge in [-0.2, -0.15) is 4.79 Å². The van der Waals surface area contributed by atoms with Gasteiger partial charge in [0.25, 0.3) is 0 Å². The topological polar surface area (TPSA) is 63.6 Å². The molecule has 0 aliphatic rings. The van der Waals surface area contributed by atoms with E-state index in [1.165, 1.54) is 11.4 Å². The molecule has 2 atom stereocenters. The summed E-state index contributed by atoms with van der Waals surface area (Å²) in [7, 11) is -0.831. The second-order valence-electron chi connectivity index (χ2n) is 4.53. The maximum absolute atomic E-state index is 11.8. The van der Waals surface area contributed by atoms with Gasteiger partial charge in [-0.1, -0.05) is 33.1 Å². The van der Waals surface area contributed by atoms with E-state index in [9.17, 15) is 9.59 Å². The lowest BCUT2D eigenvalue weighted by Crippen LogP contribution is -2.11. The third-order valence-corrected chi connectivity index (χ3v) is 4.51. The van der Waals surface area contributed by atoms with Crippen LogP contribution in [0.1, 0.15) is 49.9 Å². The van der Waals surface area contributed by atoms with Crippen molar-refractivity contribution in [3.8, 4) is 0 Å². The lowest BCUT2D eigenvalue weighted by molar-refractivity contribution is 0.0697. The number of unbranched alkanes of at least 4 members (excludes halogenated alkanes) is 1. The molecule has 0 spiro atoms. The average Bonchev–Trinajstić information content (AvgIpc) is 2.88. The van der Waals surface area contributed by atoms with E-state index < -0.39 is 16.4 Å². The Balaban J connectivity index is 2.47. The molecule has 0 aromatic carbocycles. The Morgan fingerprint density at radius 2 is 2.16 bits per heavy atom. The van der Waals surface area contributed by atoms with Crippen LogP contribution in [0, 0.1) is 5.92 Å². The molecular weight excluding hydrogens is 264 g/mol. The fourth-order valence-electron chi connectivity index (χ4n) is 1.74. The summed E-state index contributed by atoms with van der Waals surface area (Å²) in [5.41, 5.74) is 0.165. The number of hydrogen-bond donors (Lipinski definition) is 1. The van der Waals surface area contributed by atoms with Crippen molar-refractivity contribution in [3.63, 3.8) is 0 Å². The first-order valence-electron chi connectivity index (χ1n) is 6.60. The van der Waals surface area contributed by atoms with E-state index in [1.807, 2.05) is 0 Å². The summed E-state index contributed by atoms with van der Waals surface area (Å²) in [6.07, 6.45) is 4.35. The normalized spacial score (nSPS) is 13.1. The number of carbonyl (C=O) groups is 2. The van der Waals surface area contributed by atoms with Gasteiger partial charge in [-0.25, -0.2) is 4.79 Å². The quantitative estimate of drug-likeness (QED) is 0.570. The van der Waals surface area contributed by atoms with Crippen LogP contribution >= 0.6 is 10.5 Å². The van der Waals surface area contributed by atoms with Gasteiger partial charge in [0, 0.05) is 6.07 Å². The Morgan fingerprint density at radius 3 is 2.68 bits per heavy atom. The monoisotopic (exact) mass is 285 g/mol. The predicted octanol–water partition coefficient (Wildman–Crippen LogP) is 4.34. The predicted molar refractivity (Wildman–Crippen MR) is 75.9 cm³/mol. The average molecular weight is 285 g/mol. The number of hydrogen-bond acceptors (Lipinski definition) is 3. The van der Waals surface area contributed by atoms with Gasteiger partial charge >= 0.3 is 11.3 Å². The van der Waals surface area contributed by atoms with E-state index in [4.69, 9.17) is 9.84 Å². The summed E-state index contributed by atoms with van der Waals surface area (Å²) in [5, 5.41) is 11.5. The minimum atomic E-state index is -1.01. The molecule has 1 rings (SSSR count). The zero-order valence-electron chi connectivity index (χ0n) is 11.4. The van der Waals surface area contributed by atoms with Crippen LogP contribution in [0.2, 0.25) is 0 Å². The van der Waals surface area contributed by atoms with Crippen LogP contribution in [0.15, 0.2) is 16.8 Å². The van der Waals surface area contributed by atoms with Gasteiger partial charge in [0.15, 0.2) is 10.8 Å². The molecule has 0 amide bonds. The highest BCUT2D eigenvalue weighted by atomic mass is 32.2. The Hall–Kier alpha value is -1.36. The van der Waals surface area contributed by atoms with Gasteiger partial charge in [-0.05, 0) is 12.3 Å². The third kappa shape index (κ3) is 5.03. The molecule has 1 heterocycles. The zero-order valence-corrected chi connectivity index (χ0v) is 12.2. The molecule has 5 heteroatoms. The standard InChI is InChI=1S/C14H20O4S/c1-3-5-6-11(4-2)9-18-14(17)19-8-7-12(10-19)13(15)16/h7-8,10-11H,3-6,9H2,1-2H3/p+1. The first-order chi connectivity index (χ1) is 9.08. The molecule has 2 unspecified atom stereocenters. The van der Waals surface area contributed by atoms with Crippen LogP contribution in [0.25, 0.3) is 0 Å². The molecule has 0 bridgehead atoms. The molecule has 0 radical (unpaired) electrons. The fraction of sp³-hybridized carbons (Fsp3) is 0.571. The van der Waals surface area contributed by atoms with Gasteiger partial charge in [-0.15, -0.1) is 0 Å². The van der Waals surface area contributed by atoms with E-state index in [0.717, 1.165) is 25.7 Å². The number of ether oxygens (including phenoxy) is 1. The first kappa shape index (κ1) is 15.7. The molecule has 0 saturated carbocycles. The maximum atomic E-state index is 11.8. The minimum Gasteiger partial charge on any atom is -0.478 e. The summed E-state index contributed by atoms with van der Waals surface area (Å²) >= 11 is 0. The molecule has 1 aromatic heterocycles. The summed E-state index contributed by atoms with van der Waals surface area (Å²) in [6, 6.07) is 1.46. The first-order valence-corrected chi connectivity index (χ1v) is 7.95. The Morgan fingerprint density at radius 1 is 1.42 bits per heavy atom. The van der Waals surface area contributed by atoms with Crippen molar-refractivity contribution in [2.24, 2.45) is 5.92 Å². The molecule has 0 aliphatic heterocycles. The molecule has 19 heavy (non-hydrogen) atoms. The lowest BCUT2D eigenvalue weighted by atomic mass is 10.0. The number of rotatable bonds is 8. The molecule has 1 aromatic rings. The summed E-state index contributed by atoms with van der Waals surface area (Å²) in [4.78, 5) is 22.5. The van der Waals surface area contributed by atoms with Crippen molar-refractivity contribution in [3.05, 3.63) is 22.4 Å². The fourth-order valence-corrected chi connectivity index (χ4v) is 2.98. The van der Waals surface area contributed by atoms with Gasteiger partial charge in [-0.3, -0.25) is 0 Å². The molecule has 1 N–H and O–H groups in total. The van der Waals surface area contributed by atoms with Crippen LogP contribution in [0.3, 0.4) is 0 Å². The van der Waals surface area contributed by atoms with Crippen LogP contribution in [-0.2, 0) is 4.74 Å². The maximum Gasteiger partial charge on any atom is 0.554 e. The number of thiophene rings is 1. The van der Waals surface area contributed by atoms with Crippen molar-refractivity contribution in [2.45, 2.75) is 39.5 Å². The molecular formula is C14H21O4S+. The molecule has 0 fully saturated rings. The highest BCUT2D eigenvalue weighted by Crippen LogP contribution is 2.24. The highest BCUT2D eigenvalue weighted by Gasteiger charge is 2.23. The Bertz CT molecular complexity index is 425. The molecule has 106 valence electrons. The van der Waals surface area contributed by atoms with E-state index in [1.54, 1.807) is 5.38 Å². The number of carboxylic acid groups (broad SMARTS) is 1. The van der Waals surface area contributed by atoms with Crippen molar-refractivity contribution in [2.75, 3.05) is 6.61 Å². The van der Waals surface area contributed by atoms with E-state index in [2.05, 4.69) is 13.8 Å². The van der Waals surface area contributed by atoms with Gasteiger partial charge in [0.05, 0.1) is 17.1 Å². The van der Waals surface area contributed by atoms with Crippen molar-refractivity contribution >= 4 is 21.7 Å². The Labute approximate surface area is 116 Å². The van der Waals surface area contributed by atoms with Gasteiger partial charge in [0.1, 0.15) is 5.56 Å². The number of aromatic carboxylic acids is 1. The van der Waals surface area contributed by atoms with E-state index in [0.29, 0.717) is 12.5 Å². The Kier molecular flexibility index (Phi) is 6.56. The number of carbonyl (C=O) groups excluding carboxylic acids is 1. The summed E-state index contributed by atoms with van der Waals surface area (Å²) in [6.45, 7) is 4.67. The molecule has 0 aliphatic carbocycles. The molecule has 4 nitrogen and oxygen atoms in total. The second kappa shape index (κ2) is 7.94. The smallest absolute Gasteiger partial charge is 0.478 e. The van der Waals surface area contributed by atoms with Crippen molar-refractivity contribution in [1.82, 2.24) is 0 Å². The van der Waals surface area contributed by atoms with Crippen LogP contribution in [0.5, 0.6) is 0 Å². The summed E-state index contributed by atoms with van der Waals surface area (Å²) < 4.78 is 5.29. The lowest BCUT2D eigenvalue weighted by Gasteiger charge is -2.12. The zero-order chi connectivity index (χ0) is 14.3. The second-order valence-corrected chi connectivity index (χ2v) is 6.12. The molecule has 0 saturated heterocycles. The minimum absolute atomic E-state index is 0.165. The number of carboxylic acids is 1. The summed E-state index contributed by atoms with van der Waals surface area (Å²) in [5.74, 6) is -0.601. The SMILES string of the molecule is CCCCC(CC)COC(=O)[s+]1ccc(C(=O)O)c1. The third-order valence-electron chi connectivity index (χ3n) is 3.07. The van der Waals surface area contributed by atoms with Crippen molar-refractivity contribution < 1.29 is 19.4 Å². The van der Waals surface area contributed by atoms with Crippen LogP contribution in [-0.4, -0.2) is 23.0 Å².